The van der Waals surface area contributed by atoms with Gasteiger partial charge in [-0.1, -0.05) is 59.6 Å². The van der Waals surface area contributed by atoms with E-state index >= 15 is 0 Å². The number of benzene rings is 2. The van der Waals surface area contributed by atoms with Crippen molar-refractivity contribution in [2.45, 2.75) is 32.0 Å². The van der Waals surface area contributed by atoms with Crippen molar-refractivity contribution in [3.8, 4) is 0 Å². The number of hydrogen-bond acceptors (Lipinski definition) is 6. The van der Waals surface area contributed by atoms with Crippen molar-refractivity contribution in [1.82, 2.24) is 5.06 Å². The number of aliphatic imine (C=N–C) groups is 2. The molecule has 0 saturated heterocycles. The molecule has 0 spiro atoms. The molecule has 0 amide bonds. The maximum Gasteiger partial charge on any atom is 0.226 e. The minimum absolute atomic E-state index is 0.137. The lowest BCUT2D eigenvalue weighted by Gasteiger charge is -2.39. The highest BCUT2D eigenvalue weighted by molar-refractivity contribution is 6.42. The van der Waals surface area contributed by atoms with Crippen LogP contribution in [0.25, 0.3) is 0 Å². The van der Waals surface area contributed by atoms with E-state index in [1.54, 1.807) is 12.1 Å². The van der Waals surface area contributed by atoms with Gasteiger partial charge in [-0.25, -0.2) is 4.99 Å². The highest BCUT2D eigenvalue weighted by atomic mass is 35.5. The van der Waals surface area contributed by atoms with Crippen LogP contribution in [0, 0.1) is 0 Å². The van der Waals surface area contributed by atoms with E-state index in [0.717, 1.165) is 12.0 Å². The molecular weight excluding hydrogens is 385 g/mol. The van der Waals surface area contributed by atoms with E-state index in [2.05, 4.69) is 22.1 Å². The van der Waals surface area contributed by atoms with Gasteiger partial charge in [-0.3, -0.25) is 4.84 Å². The molecule has 0 bridgehead atoms. The zero-order valence-electron chi connectivity index (χ0n) is 14.9. The van der Waals surface area contributed by atoms with Gasteiger partial charge in [-0.2, -0.15) is 10.1 Å². The molecule has 2 aromatic rings. The van der Waals surface area contributed by atoms with Crippen molar-refractivity contribution in [2.24, 2.45) is 21.5 Å². The van der Waals surface area contributed by atoms with Gasteiger partial charge >= 0.3 is 0 Å². The molecule has 0 fully saturated rings. The van der Waals surface area contributed by atoms with Gasteiger partial charge < -0.3 is 11.5 Å². The highest BCUT2D eigenvalue weighted by Crippen LogP contribution is 2.28. The molecule has 0 saturated carbocycles. The molecule has 8 heteroatoms. The van der Waals surface area contributed by atoms with E-state index in [0.29, 0.717) is 16.5 Å². The first kappa shape index (κ1) is 19.5. The van der Waals surface area contributed by atoms with Gasteiger partial charge in [0.2, 0.25) is 11.9 Å². The first-order valence-corrected chi connectivity index (χ1v) is 9.23. The fourth-order valence-corrected chi connectivity index (χ4v) is 3.20. The predicted molar refractivity (Wildman–Crippen MR) is 110 cm³/mol. The van der Waals surface area contributed by atoms with Crippen molar-refractivity contribution in [3.05, 3.63) is 69.7 Å². The van der Waals surface area contributed by atoms with Gasteiger partial charge in [0, 0.05) is 0 Å². The van der Waals surface area contributed by atoms with Crippen LogP contribution in [0.1, 0.15) is 24.5 Å². The zero-order valence-corrected chi connectivity index (χ0v) is 16.4. The average Bonchev–Trinajstić information content (AvgIpc) is 2.63. The number of guanidine groups is 2. The summed E-state index contributed by atoms with van der Waals surface area (Å²) in [6.07, 6.45) is 1.43. The second kappa shape index (κ2) is 8.17. The molecule has 1 aliphatic heterocycles. The van der Waals surface area contributed by atoms with Crippen LogP contribution in [0.2, 0.25) is 10.0 Å². The highest BCUT2D eigenvalue weighted by Gasteiger charge is 2.37. The van der Waals surface area contributed by atoms with Crippen LogP contribution in [0.15, 0.2) is 58.5 Å². The van der Waals surface area contributed by atoms with E-state index in [1.807, 2.05) is 31.2 Å². The molecule has 0 aliphatic carbocycles. The number of aryl methyl sites for hydroxylation is 1. The minimum Gasteiger partial charge on any atom is -0.368 e. The smallest absolute Gasteiger partial charge is 0.226 e. The molecule has 6 nitrogen and oxygen atoms in total. The Hall–Kier alpha value is -2.28. The summed E-state index contributed by atoms with van der Waals surface area (Å²) in [7, 11) is 0. The van der Waals surface area contributed by atoms with Crippen LogP contribution in [0.5, 0.6) is 0 Å². The Morgan fingerprint density at radius 2 is 1.78 bits per heavy atom. The van der Waals surface area contributed by atoms with E-state index in [4.69, 9.17) is 39.5 Å². The number of halogens is 2. The van der Waals surface area contributed by atoms with Gasteiger partial charge in [0.05, 0.1) is 10.0 Å². The van der Waals surface area contributed by atoms with E-state index < -0.39 is 5.66 Å². The Morgan fingerprint density at radius 3 is 2.48 bits per heavy atom. The van der Waals surface area contributed by atoms with Gasteiger partial charge in [0.15, 0.2) is 5.66 Å². The van der Waals surface area contributed by atoms with Crippen LogP contribution >= 0.6 is 23.2 Å². The Balaban J connectivity index is 1.75. The summed E-state index contributed by atoms with van der Waals surface area (Å²) < 4.78 is 0. The molecule has 1 unspecified atom stereocenters. The second-order valence-corrected chi connectivity index (χ2v) is 7.27. The lowest BCUT2D eigenvalue weighted by Crippen LogP contribution is -2.55. The minimum atomic E-state index is -0.776. The zero-order chi connectivity index (χ0) is 19.4. The molecule has 1 atom stereocenters. The van der Waals surface area contributed by atoms with Crippen molar-refractivity contribution < 1.29 is 4.84 Å². The molecule has 2 aromatic carbocycles. The molecule has 4 N–H and O–H groups in total. The lowest BCUT2D eigenvalue weighted by molar-refractivity contribution is -0.174. The van der Waals surface area contributed by atoms with Crippen LogP contribution in [0.4, 0.5) is 0 Å². The molecule has 27 heavy (non-hydrogen) atoms. The van der Waals surface area contributed by atoms with Crippen molar-refractivity contribution in [1.29, 1.82) is 0 Å². The Morgan fingerprint density at radius 1 is 1.04 bits per heavy atom. The summed E-state index contributed by atoms with van der Waals surface area (Å²) in [5.41, 5.74) is 13.2. The van der Waals surface area contributed by atoms with E-state index in [-0.39, 0.29) is 18.5 Å². The van der Waals surface area contributed by atoms with Crippen LogP contribution in [0.3, 0.4) is 0 Å². The summed E-state index contributed by atoms with van der Waals surface area (Å²) in [4.78, 5) is 14.5. The number of nitrogens with zero attached hydrogens (tertiary/aromatic N) is 3. The standard InChI is InChI=1S/C19H21Cl2N5O/c1-19(10-9-13-5-3-2-4-6-13)25-17(22)24-18(23)26(19)27-12-14-7-8-15(20)16(21)11-14/h2-8,11H,9-10,12H2,1H3,(H4,22,23,24,25). The largest absolute Gasteiger partial charge is 0.368 e. The summed E-state index contributed by atoms with van der Waals surface area (Å²) in [6, 6.07) is 15.4. The van der Waals surface area contributed by atoms with Gasteiger partial charge in [-0.15, -0.1) is 0 Å². The average molecular weight is 406 g/mol. The van der Waals surface area contributed by atoms with Crippen molar-refractivity contribution in [3.63, 3.8) is 0 Å². The molecule has 3 rings (SSSR count). The van der Waals surface area contributed by atoms with Crippen LogP contribution < -0.4 is 11.5 Å². The fraction of sp³-hybridized carbons (Fsp3) is 0.263. The summed E-state index contributed by atoms with van der Waals surface area (Å²) >= 11 is 12.0. The SMILES string of the molecule is CC1(CCc2ccccc2)N=C(N)N=C(N)N1OCc1ccc(Cl)c(Cl)c1. The molecular formula is C19H21Cl2N5O. The van der Waals surface area contributed by atoms with E-state index in [1.165, 1.54) is 10.6 Å². The predicted octanol–water partition coefficient (Wildman–Crippen LogP) is 3.72. The maximum absolute atomic E-state index is 6.08. The van der Waals surface area contributed by atoms with E-state index in [9.17, 15) is 0 Å². The first-order valence-electron chi connectivity index (χ1n) is 8.48. The summed E-state index contributed by atoms with van der Waals surface area (Å²) in [6.45, 7) is 2.16. The maximum atomic E-state index is 6.08. The number of nitrogens with two attached hydrogens (primary N) is 2. The normalized spacial score (nSPS) is 19.6. The number of hydrogen-bond donors (Lipinski definition) is 2. The van der Waals surface area contributed by atoms with Crippen LogP contribution in [-0.2, 0) is 17.9 Å². The van der Waals surface area contributed by atoms with Crippen LogP contribution in [-0.4, -0.2) is 22.6 Å². The third-order valence-corrected chi connectivity index (χ3v) is 5.04. The molecule has 1 heterocycles. The summed E-state index contributed by atoms with van der Waals surface area (Å²) in [5.74, 6) is 0.301. The third kappa shape index (κ3) is 4.71. The summed E-state index contributed by atoms with van der Waals surface area (Å²) in [5, 5.41) is 2.46. The first-order chi connectivity index (χ1) is 12.9. The molecule has 1 aliphatic rings. The van der Waals surface area contributed by atoms with Crippen molar-refractivity contribution in [2.75, 3.05) is 0 Å². The molecule has 0 aromatic heterocycles. The topological polar surface area (TPSA) is 89.2 Å². The quantitative estimate of drug-likeness (QED) is 0.765. The monoisotopic (exact) mass is 405 g/mol. The second-order valence-electron chi connectivity index (χ2n) is 6.46. The molecule has 142 valence electrons. The van der Waals surface area contributed by atoms with Gasteiger partial charge in [0.1, 0.15) is 6.61 Å². The number of hydroxylamine groups is 2. The fourth-order valence-electron chi connectivity index (χ4n) is 2.88. The van der Waals surface area contributed by atoms with Crippen molar-refractivity contribution >= 4 is 35.1 Å². The Bertz CT molecular complexity index is 872. The van der Waals surface area contributed by atoms with Gasteiger partial charge in [0.25, 0.3) is 0 Å². The molecule has 0 radical (unpaired) electrons. The lowest BCUT2D eigenvalue weighted by atomic mass is 10.0. The van der Waals surface area contributed by atoms with Gasteiger partial charge in [-0.05, 0) is 43.0 Å². The third-order valence-electron chi connectivity index (χ3n) is 4.30. The Labute approximate surface area is 168 Å². The number of rotatable bonds is 6. The Kier molecular flexibility index (Phi) is 5.89.